The number of amides is 2. The molecule has 1 aromatic carbocycles. The zero-order valence-electron chi connectivity index (χ0n) is 10.7. The average Bonchev–Trinajstić information content (AvgIpc) is 2.40. The van der Waals surface area contributed by atoms with Gasteiger partial charge in [0.15, 0.2) is 0 Å². The van der Waals surface area contributed by atoms with Gasteiger partial charge >= 0.3 is 12.7 Å². The molecule has 0 aliphatic carbocycles. The molecule has 0 radical (unpaired) electrons. The Hall–Kier alpha value is -1.93. The summed E-state index contributed by atoms with van der Waals surface area (Å²) >= 11 is 5.77. The van der Waals surface area contributed by atoms with Crippen LogP contribution in [0.4, 0.5) is 13.6 Å². The van der Waals surface area contributed by atoms with E-state index in [2.05, 4.69) is 10.1 Å². The number of hydrogen-bond donors (Lipinski definition) is 3. The molecule has 116 valence electrons. The number of carbonyl (C=O) groups is 2. The smallest absolute Gasteiger partial charge is 0.405 e. The molecule has 0 aliphatic rings. The van der Waals surface area contributed by atoms with Crippen LogP contribution in [0.3, 0.4) is 0 Å². The van der Waals surface area contributed by atoms with Crippen molar-refractivity contribution in [2.75, 3.05) is 6.61 Å². The van der Waals surface area contributed by atoms with Crippen molar-refractivity contribution in [1.29, 1.82) is 0 Å². The third-order valence-corrected chi connectivity index (χ3v) is 2.59. The Labute approximate surface area is 124 Å². The Morgan fingerprint density at radius 1 is 1.38 bits per heavy atom. The van der Waals surface area contributed by atoms with E-state index in [1.807, 2.05) is 0 Å². The number of benzene rings is 1. The van der Waals surface area contributed by atoms with Gasteiger partial charge in [0.25, 0.3) is 0 Å². The maximum atomic E-state index is 11.9. The minimum absolute atomic E-state index is 0.0753. The number of carbonyl (C=O) groups excluding carboxylic acids is 1. The molecule has 3 N–H and O–H groups in total. The molecular formula is C12H13ClF2N2O4. The van der Waals surface area contributed by atoms with Gasteiger partial charge in [-0.25, -0.2) is 4.79 Å². The fourth-order valence-electron chi connectivity index (χ4n) is 1.46. The van der Waals surface area contributed by atoms with Gasteiger partial charge in [-0.15, -0.1) is 0 Å². The van der Waals surface area contributed by atoms with Crippen molar-refractivity contribution in [2.24, 2.45) is 0 Å². The summed E-state index contributed by atoms with van der Waals surface area (Å²) in [5.74, 6) is -0.780. The van der Waals surface area contributed by atoms with Crippen LogP contribution in [0, 0.1) is 0 Å². The number of hydrogen-bond acceptors (Lipinski definition) is 3. The topological polar surface area (TPSA) is 87.7 Å². The highest BCUT2D eigenvalue weighted by Gasteiger charge is 2.22. The highest BCUT2D eigenvalue weighted by molar-refractivity contribution is 6.30. The lowest BCUT2D eigenvalue weighted by Gasteiger charge is -2.16. The van der Waals surface area contributed by atoms with Gasteiger partial charge in [0.05, 0.1) is 6.61 Å². The highest BCUT2D eigenvalue weighted by atomic mass is 35.5. The number of nitrogens with one attached hydrogen (secondary N) is 2. The molecule has 0 heterocycles. The molecule has 2 amide bonds. The molecule has 21 heavy (non-hydrogen) atoms. The van der Waals surface area contributed by atoms with Crippen LogP contribution in [-0.2, 0) is 16.1 Å². The summed E-state index contributed by atoms with van der Waals surface area (Å²) in [6, 6.07) is 5.20. The SMILES string of the molecule is O=C(O)N[C@H](COC(F)F)C(=O)NCc1cccc(Cl)c1. The van der Waals surface area contributed by atoms with Gasteiger partial charge < -0.3 is 20.5 Å². The van der Waals surface area contributed by atoms with Crippen LogP contribution in [0.15, 0.2) is 24.3 Å². The first-order valence-electron chi connectivity index (χ1n) is 5.80. The summed E-state index contributed by atoms with van der Waals surface area (Å²) < 4.78 is 27.9. The van der Waals surface area contributed by atoms with Crippen LogP contribution in [0.2, 0.25) is 5.02 Å². The molecular weight excluding hydrogens is 310 g/mol. The number of halogens is 3. The normalized spacial score (nSPS) is 12.0. The van der Waals surface area contributed by atoms with Crippen molar-refractivity contribution >= 4 is 23.6 Å². The fraction of sp³-hybridized carbons (Fsp3) is 0.333. The first-order valence-corrected chi connectivity index (χ1v) is 6.17. The Balaban J connectivity index is 2.56. The summed E-state index contributed by atoms with van der Waals surface area (Å²) in [7, 11) is 0. The molecule has 1 aromatic rings. The van der Waals surface area contributed by atoms with E-state index in [4.69, 9.17) is 16.7 Å². The van der Waals surface area contributed by atoms with E-state index in [-0.39, 0.29) is 6.54 Å². The molecule has 1 rings (SSSR count). The fourth-order valence-corrected chi connectivity index (χ4v) is 1.67. The predicted octanol–water partition coefficient (Wildman–Crippen LogP) is 1.83. The summed E-state index contributed by atoms with van der Waals surface area (Å²) in [5, 5.41) is 13.3. The minimum atomic E-state index is -3.09. The molecule has 6 nitrogen and oxygen atoms in total. The van der Waals surface area contributed by atoms with E-state index >= 15 is 0 Å². The van der Waals surface area contributed by atoms with E-state index in [0.717, 1.165) is 0 Å². The Morgan fingerprint density at radius 3 is 2.67 bits per heavy atom. The van der Waals surface area contributed by atoms with E-state index in [9.17, 15) is 18.4 Å². The third-order valence-electron chi connectivity index (χ3n) is 2.36. The van der Waals surface area contributed by atoms with E-state index in [0.29, 0.717) is 10.6 Å². The molecule has 1 atom stereocenters. The van der Waals surface area contributed by atoms with Crippen molar-refractivity contribution in [3.8, 4) is 0 Å². The van der Waals surface area contributed by atoms with Gasteiger partial charge in [-0.3, -0.25) is 4.79 Å². The van der Waals surface area contributed by atoms with Gasteiger partial charge in [0.2, 0.25) is 5.91 Å². The molecule has 0 unspecified atom stereocenters. The van der Waals surface area contributed by atoms with Crippen LogP contribution in [0.25, 0.3) is 0 Å². The lowest BCUT2D eigenvalue weighted by molar-refractivity contribution is -0.143. The second-order valence-corrected chi connectivity index (χ2v) is 4.38. The lowest BCUT2D eigenvalue weighted by atomic mass is 10.2. The lowest BCUT2D eigenvalue weighted by Crippen LogP contribution is -2.49. The summed E-state index contributed by atoms with van der Waals surface area (Å²) in [5.41, 5.74) is 0.680. The van der Waals surface area contributed by atoms with Gasteiger partial charge in [0.1, 0.15) is 6.04 Å². The Kier molecular flexibility index (Phi) is 6.83. The number of carboxylic acid groups (broad SMARTS) is 1. The summed E-state index contributed by atoms with van der Waals surface area (Å²) in [6.45, 7) is -3.79. The van der Waals surface area contributed by atoms with E-state index < -0.39 is 31.3 Å². The van der Waals surface area contributed by atoms with Crippen molar-refractivity contribution in [2.45, 2.75) is 19.2 Å². The van der Waals surface area contributed by atoms with Crippen molar-refractivity contribution < 1.29 is 28.2 Å². The zero-order chi connectivity index (χ0) is 15.8. The van der Waals surface area contributed by atoms with Crippen LogP contribution in [-0.4, -0.2) is 36.4 Å². The second-order valence-electron chi connectivity index (χ2n) is 3.94. The zero-order valence-corrected chi connectivity index (χ0v) is 11.4. The molecule has 0 bridgehead atoms. The second kappa shape index (κ2) is 8.38. The maximum absolute atomic E-state index is 11.9. The van der Waals surface area contributed by atoms with Crippen LogP contribution >= 0.6 is 11.6 Å². The molecule has 0 spiro atoms. The first kappa shape index (κ1) is 17.1. The van der Waals surface area contributed by atoms with Crippen LogP contribution in [0.1, 0.15) is 5.56 Å². The number of rotatable bonds is 7. The minimum Gasteiger partial charge on any atom is -0.465 e. The van der Waals surface area contributed by atoms with E-state index in [1.165, 1.54) is 0 Å². The molecule has 0 aromatic heterocycles. The molecule has 0 saturated carbocycles. The maximum Gasteiger partial charge on any atom is 0.405 e. The van der Waals surface area contributed by atoms with Gasteiger partial charge in [0, 0.05) is 11.6 Å². The molecule has 0 fully saturated rings. The van der Waals surface area contributed by atoms with Gasteiger partial charge in [-0.1, -0.05) is 23.7 Å². The van der Waals surface area contributed by atoms with Crippen molar-refractivity contribution in [3.63, 3.8) is 0 Å². The third kappa shape index (κ3) is 6.87. The quantitative estimate of drug-likeness (QED) is 0.714. The van der Waals surface area contributed by atoms with Gasteiger partial charge in [-0.05, 0) is 17.7 Å². The largest absolute Gasteiger partial charge is 0.465 e. The average molecular weight is 323 g/mol. The van der Waals surface area contributed by atoms with Crippen LogP contribution < -0.4 is 10.6 Å². The standard InChI is InChI=1S/C12H13ClF2N2O4/c13-8-3-1-2-7(4-8)5-16-10(18)9(17-12(19)20)6-21-11(14)15/h1-4,9,11,17H,5-6H2,(H,16,18)(H,19,20)/t9-/m1/s1. The summed E-state index contributed by atoms with van der Waals surface area (Å²) in [4.78, 5) is 22.3. The summed E-state index contributed by atoms with van der Waals surface area (Å²) in [6.07, 6.45) is -1.52. The van der Waals surface area contributed by atoms with Crippen LogP contribution in [0.5, 0.6) is 0 Å². The number of ether oxygens (including phenoxy) is 1. The number of alkyl halides is 2. The predicted molar refractivity (Wildman–Crippen MR) is 70.2 cm³/mol. The molecule has 9 heteroatoms. The first-order chi connectivity index (χ1) is 9.88. The van der Waals surface area contributed by atoms with Gasteiger partial charge in [-0.2, -0.15) is 8.78 Å². The highest BCUT2D eigenvalue weighted by Crippen LogP contribution is 2.10. The Morgan fingerprint density at radius 2 is 2.10 bits per heavy atom. The molecule has 0 saturated heterocycles. The molecule has 0 aliphatic heterocycles. The Bertz CT molecular complexity index is 502. The monoisotopic (exact) mass is 322 g/mol. The van der Waals surface area contributed by atoms with Crippen molar-refractivity contribution in [1.82, 2.24) is 10.6 Å². The van der Waals surface area contributed by atoms with E-state index in [1.54, 1.807) is 29.6 Å². The van der Waals surface area contributed by atoms with Crippen molar-refractivity contribution in [3.05, 3.63) is 34.9 Å².